The predicted molar refractivity (Wildman–Crippen MR) is 139 cm³/mol. The van der Waals surface area contributed by atoms with Gasteiger partial charge < -0.3 is 16.0 Å². The fraction of sp³-hybridized carbons (Fsp3) is 0.360. The molecule has 9 nitrogen and oxygen atoms in total. The maximum Gasteiger partial charge on any atom is 0.330 e. The van der Waals surface area contributed by atoms with Gasteiger partial charge in [-0.15, -0.1) is 0 Å². The van der Waals surface area contributed by atoms with Crippen LogP contribution in [0.2, 0.25) is 0 Å². The van der Waals surface area contributed by atoms with Gasteiger partial charge in [-0.1, -0.05) is 44.2 Å². The van der Waals surface area contributed by atoms with Crippen molar-refractivity contribution in [1.82, 2.24) is 14.9 Å². The summed E-state index contributed by atoms with van der Waals surface area (Å²) in [4.78, 5) is 54.3. The van der Waals surface area contributed by atoms with Crippen LogP contribution in [0.4, 0.5) is 11.5 Å². The Bertz CT molecular complexity index is 1250. The molecular weight excluding hydrogens is 466 g/mol. The maximum absolute atomic E-state index is 13.2. The Morgan fingerprint density at radius 2 is 1.91 bits per heavy atom. The molecule has 0 aliphatic heterocycles. The second-order valence-electron chi connectivity index (χ2n) is 8.66. The van der Waals surface area contributed by atoms with Gasteiger partial charge in [0.05, 0.1) is 6.54 Å². The SMILES string of the molecule is CC(C)CCN(C(=O)CCCNC(=O)c1ccsc1)c1c(N)n(Cc2ccccc2)c(=O)[nH]c1=O. The number of carbonyl (C=O) groups is 2. The lowest BCUT2D eigenvalue weighted by molar-refractivity contribution is -0.118. The van der Waals surface area contributed by atoms with Crippen LogP contribution in [0.1, 0.15) is 49.0 Å². The summed E-state index contributed by atoms with van der Waals surface area (Å²) in [6, 6.07) is 11.0. The van der Waals surface area contributed by atoms with Crippen LogP contribution in [-0.4, -0.2) is 34.5 Å². The second-order valence-corrected chi connectivity index (χ2v) is 9.44. The number of benzene rings is 1. The van der Waals surface area contributed by atoms with Crippen molar-refractivity contribution in [2.24, 2.45) is 5.92 Å². The first-order valence-corrected chi connectivity index (χ1v) is 12.5. The monoisotopic (exact) mass is 497 g/mol. The highest BCUT2D eigenvalue weighted by Crippen LogP contribution is 2.20. The molecule has 10 heteroatoms. The number of hydrogen-bond acceptors (Lipinski definition) is 6. The molecule has 186 valence electrons. The average molecular weight is 498 g/mol. The van der Waals surface area contributed by atoms with Gasteiger partial charge in [0.25, 0.3) is 11.5 Å². The molecule has 0 radical (unpaired) electrons. The highest BCUT2D eigenvalue weighted by Gasteiger charge is 2.24. The third-order valence-corrected chi connectivity index (χ3v) is 6.22. The van der Waals surface area contributed by atoms with Gasteiger partial charge in [0, 0.05) is 30.5 Å². The molecule has 0 fully saturated rings. The summed E-state index contributed by atoms with van der Waals surface area (Å²) in [5.41, 5.74) is 6.39. The molecule has 4 N–H and O–H groups in total. The van der Waals surface area contributed by atoms with Crippen LogP contribution >= 0.6 is 11.3 Å². The highest BCUT2D eigenvalue weighted by atomic mass is 32.1. The fourth-order valence-corrected chi connectivity index (χ4v) is 4.22. The zero-order chi connectivity index (χ0) is 25.4. The molecule has 0 bridgehead atoms. The number of hydrogen-bond donors (Lipinski definition) is 3. The number of nitrogens with two attached hydrogens (primary N) is 1. The number of thiophene rings is 1. The number of H-pyrrole nitrogens is 1. The summed E-state index contributed by atoms with van der Waals surface area (Å²) in [6.07, 6.45) is 1.16. The number of aromatic nitrogens is 2. The molecular formula is C25H31N5O4S. The predicted octanol–water partition coefficient (Wildman–Crippen LogP) is 2.82. The Labute approximate surface area is 207 Å². The molecule has 2 heterocycles. The van der Waals surface area contributed by atoms with Crippen LogP contribution in [-0.2, 0) is 11.3 Å². The fourth-order valence-electron chi connectivity index (χ4n) is 3.58. The molecule has 0 aliphatic rings. The molecule has 0 aliphatic carbocycles. The molecule has 35 heavy (non-hydrogen) atoms. The smallest absolute Gasteiger partial charge is 0.330 e. The molecule has 0 unspecified atom stereocenters. The molecule has 0 saturated carbocycles. The van der Waals surface area contributed by atoms with Crippen LogP contribution in [0, 0.1) is 5.92 Å². The highest BCUT2D eigenvalue weighted by molar-refractivity contribution is 7.08. The molecule has 0 spiro atoms. The van der Waals surface area contributed by atoms with E-state index in [1.54, 1.807) is 11.4 Å². The topological polar surface area (TPSA) is 130 Å². The largest absolute Gasteiger partial charge is 0.383 e. The van der Waals surface area contributed by atoms with Crippen molar-refractivity contribution in [1.29, 1.82) is 0 Å². The minimum absolute atomic E-state index is 0.0199. The van der Waals surface area contributed by atoms with Gasteiger partial charge in [-0.3, -0.25) is 23.9 Å². The van der Waals surface area contributed by atoms with Crippen molar-refractivity contribution < 1.29 is 9.59 Å². The number of nitrogen functional groups attached to an aromatic ring is 1. The third kappa shape index (κ3) is 6.92. The summed E-state index contributed by atoms with van der Waals surface area (Å²) >= 11 is 1.44. The zero-order valence-electron chi connectivity index (χ0n) is 20.0. The minimum Gasteiger partial charge on any atom is -0.383 e. The van der Waals surface area contributed by atoms with E-state index in [2.05, 4.69) is 10.3 Å². The first kappa shape index (κ1) is 26.0. The first-order chi connectivity index (χ1) is 16.8. The zero-order valence-corrected chi connectivity index (χ0v) is 20.8. The summed E-state index contributed by atoms with van der Waals surface area (Å²) in [6.45, 7) is 4.81. The van der Waals surface area contributed by atoms with Gasteiger partial charge in [0.15, 0.2) is 5.69 Å². The lowest BCUT2D eigenvalue weighted by Gasteiger charge is -2.25. The van der Waals surface area contributed by atoms with Gasteiger partial charge in [-0.25, -0.2) is 4.79 Å². The van der Waals surface area contributed by atoms with Crippen molar-refractivity contribution in [3.8, 4) is 0 Å². The molecule has 2 aromatic heterocycles. The van der Waals surface area contributed by atoms with E-state index in [4.69, 9.17) is 5.73 Å². The first-order valence-electron chi connectivity index (χ1n) is 11.5. The van der Waals surface area contributed by atoms with Crippen molar-refractivity contribution >= 4 is 34.7 Å². The van der Waals surface area contributed by atoms with Gasteiger partial charge >= 0.3 is 5.69 Å². The van der Waals surface area contributed by atoms with E-state index >= 15 is 0 Å². The van der Waals surface area contributed by atoms with Gasteiger partial charge in [-0.05, 0) is 35.8 Å². The minimum atomic E-state index is -0.695. The Hall–Kier alpha value is -3.66. The average Bonchev–Trinajstić information content (AvgIpc) is 3.37. The van der Waals surface area contributed by atoms with Crippen molar-refractivity contribution in [2.75, 3.05) is 23.7 Å². The third-order valence-electron chi connectivity index (χ3n) is 5.53. The van der Waals surface area contributed by atoms with E-state index in [0.717, 1.165) is 5.56 Å². The number of amides is 2. The number of carbonyl (C=O) groups excluding carboxylic acids is 2. The molecule has 1 aromatic carbocycles. The summed E-state index contributed by atoms with van der Waals surface area (Å²) in [7, 11) is 0. The Balaban J connectivity index is 1.79. The number of nitrogens with one attached hydrogen (secondary N) is 2. The van der Waals surface area contributed by atoms with Crippen LogP contribution in [0.25, 0.3) is 0 Å². The second kappa shape index (κ2) is 12.2. The number of nitrogens with zero attached hydrogens (tertiary/aromatic N) is 2. The quantitative estimate of drug-likeness (QED) is 0.351. The number of aromatic amines is 1. The van der Waals surface area contributed by atoms with Gasteiger partial charge in [-0.2, -0.15) is 11.3 Å². The standard InChI is InChI=1S/C25H31N5O4S/c1-17(2)10-13-29(20(31)9-6-12-27-23(32)19-11-14-35-16-19)21-22(26)30(25(34)28-24(21)33)15-18-7-4-3-5-8-18/h3-5,7-8,11,14,16-17H,6,9-10,12-13,15,26H2,1-2H3,(H,27,32)(H,28,33,34). The van der Waals surface area contributed by atoms with Crippen molar-refractivity contribution in [3.05, 3.63) is 79.1 Å². The molecule has 3 rings (SSSR count). The van der Waals surface area contributed by atoms with Crippen molar-refractivity contribution in [3.63, 3.8) is 0 Å². The molecule has 2 amide bonds. The van der Waals surface area contributed by atoms with E-state index in [9.17, 15) is 19.2 Å². The van der Waals surface area contributed by atoms with Crippen LogP contribution in [0.3, 0.4) is 0 Å². The number of anilines is 2. The van der Waals surface area contributed by atoms with E-state index in [1.807, 2.05) is 49.6 Å². The van der Waals surface area contributed by atoms with E-state index in [-0.39, 0.29) is 48.7 Å². The molecule has 0 saturated heterocycles. The molecule has 3 aromatic rings. The van der Waals surface area contributed by atoms with Gasteiger partial charge in [0.1, 0.15) is 5.82 Å². The summed E-state index contributed by atoms with van der Waals surface area (Å²) in [5, 5.41) is 6.38. The van der Waals surface area contributed by atoms with E-state index in [0.29, 0.717) is 24.9 Å². The summed E-state index contributed by atoms with van der Waals surface area (Å²) < 4.78 is 1.27. The van der Waals surface area contributed by atoms with Crippen LogP contribution in [0.15, 0.2) is 56.7 Å². The normalized spacial score (nSPS) is 10.9. The van der Waals surface area contributed by atoms with Crippen LogP contribution < -0.4 is 27.2 Å². The van der Waals surface area contributed by atoms with Gasteiger partial charge in [0.2, 0.25) is 5.91 Å². The lowest BCUT2D eigenvalue weighted by atomic mass is 10.1. The molecule has 0 atom stereocenters. The Morgan fingerprint density at radius 3 is 2.57 bits per heavy atom. The lowest BCUT2D eigenvalue weighted by Crippen LogP contribution is -2.42. The Kier molecular flexibility index (Phi) is 9.02. The number of rotatable bonds is 11. The maximum atomic E-state index is 13.2. The van der Waals surface area contributed by atoms with E-state index in [1.165, 1.54) is 20.8 Å². The van der Waals surface area contributed by atoms with Crippen LogP contribution in [0.5, 0.6) is 0 Å². The summed E-state index contributed by atoms with van der Waals surface area (Å²) in [5.74, 6) is -0.252. The Morgan fingerprint density at radius 1 is 1.17 bits per heavy atom. The van der Waals surface area contributed by atoms with Crippen molar-refractivity contribution in [2.45, 2.75) is 39.7 Å². The van der Waals surface area contributed by atoms with E-state index < -0.39 is 11.2 Å².